The van der Waals surface area contributed by atoms with E-state index in [2.05, 4.69) is 20.9 Å². The van der Waals surface area contributed by atoms with Gasteiger partial charge < -0.3 is 15.4 Å². The normalized spacial score (nSPS) is 18.8. The largest absolute Gasteiger partial charge is 0.489 e. The average molecular weight is 383 g/mol. The summed E-state index contributed by atoms with van der Waals surface area (Å²) in [7, 11) is 0. The Balaban J connectivity index is 1.41. The van der Waals surface area contributed by atoms with Crippen LogP contribution < -0.4 is 10.6 Å². The molecule has 1 aromatic carbocycles. The standard InChI is InChI=1S/C19H18FN5O3/c20-13-5-3-4-12(8-13)9-25-10-15(23-24-25)18(26)22-16-11-28-17-7-2-1-6-14(17)21-19(16)27/h3-8,10,16H,1-2,9,11H2,(H,21,27)(H,22,26)/t16-/m0/s1. The third kappa shape index (κ3) is 3.93. The number of ether oxygens (including phenoxy) is 1. The van der Waals surface area contributed by atoms with E-state index in [1.165, 1.54) is 23.0 Å². The van der Waals surface area contributed by atoms with Gasteiger partial charge in [-0.25, -0.2) is 9.07 Å². The van der Waals surface area contributed by atoms with Crippen LogP contribution in [0.15, 0.2) is 54.1 Å². The number of aromatic nitrogens is 3. The lowest BCUT2D eigenvalue weighted by molar-refractivity contribution is -0.122. The van der Waals surface area contributed by atoms with Gasteiger partial charge in [0.2, 0.25) is 0 Å². The molecule has 0 unspecified atom stereocenters. The first-order valence-corrected chi connectivity index (χ1v) is 8.88. The summed E-state index contributed by atoms with van der Waals surface area (Å²) in [5.74, 6) is -0.614. The van der Waals surface area contributed by atoms with Gasteiger partial charge in [-0.05, 0) is 36.6 Å². The van der Waals surface area contributed by atoms with E-state index >= 15 is 0 Å². The SMILES string of the molecule is O=C(N[C@H]1COC2=CCCC=C2NC1=O)c1cn(Cc2cccc(F)c2)nn1. The van der Waals surface area contributed by atoms with Crippen LogP contribution in [0.3, 0.4) is 0 Å². The molecule has 0 bridgehead atoms. The van der Waals surface area contributed by atoms with Gasteiger partial charge in [-0.2, -0.15) is 0 Å². The van der Waals surface area contributed by atoms with E-state index < -0.39 is 11.9 Å². The average Bonchev–Trinajstić information content (AvgIpc) is 3.08. The maximum absolute atomic E-state index is 13.3. The van der Waals surface area contributed by atoms with Gasteiger partial charge in [0, 0.05) is 0 Å². The van der Waals surface area contributed by atoms with Crippen molar-refractivity contribution >= 4 is 11.8 Å². The molecule has 1 saturated heterocycles. The summed E-state index contributed by atoms with van der Waals surface area (Å²) in [6.45, 7) is 0.297. The van der Waals surface area contributed by atoms with Gasteiger partial charge in [0.15, 0.2) is 5.69 Å². The minimum absolute atomic E-state index is 0.0260. The molecule has 1 aliphatic heterocycles. The number of hydrogen-bond donors (Lipinski definition) is 2. The van der Waals surface area contributed by atoms with Crippen molar-refractivity contribution in [2.75, 3.05) is 6.61 Å². The zero-order valence-electron chi connectivity index (χ0n) is 14.9. The summed E-state index contributed by atoms with van der Waals surface area (Å²) in [5, 5.41) is 13.1. The molecule has 8 nitrogen and oxygen atoms in total. The van der Waals surface area contributed by atoms with Crippen LogP contribution in [-0.2, 0) is 16.1 Å². The molecular weight excluding hydrogens is 365 g/mol. The van der Waals surface area contributed by atoms with Gasteiger partial charge in [-0.15, -0.1) is 5.10 Å². The number of halogens is 1. The third-order valence-corrected chi connectivity index (χ3v) is 4.40. The second kappa shape index (κ2) is 7.63. The number of nitrogens with zero attached hydrogens (tertiary/aromatic N) is 3. The van der Waals surface area contributed by atoms with Crippen molar-refractivity contribution < 1.29 is 18.7 Å². The Morgan fingerprint density at radius 1 is 1.36 bits per heavy atom. The van der Waals surface area contributed by atoms with E-state index in [0.29, 0.717) is 17.0 Å². The second-order valence-corrected chi connectivity index (χ2v) is 6.52. The Labute approximate surface area is 160 Å². The first kappa shape index (κ1) is 17.9. The molecule has 2 aliphatic rings. The van der Waals surface area contributed by atoms with E-state index in [9.17, 15) is 14.0 Å². The molecule has 2 amide bonds. The quantitative estimate of drug-likeness (QED) is 0.829. The maximum atomic E-state index is 13.3. The van der Waals surface area contributed by atoms with E-state index in [0.717, 1.165) is 12.8 Å². The monoisotopic (exact) mass is 383 g/mol. The first-order chi connectivity index (χ1) is 13.6. The molecular formula is C19H18FN5O3. The Hall–Kier alpha value is -3.49. The number of allylic oxidation sites excluding steroid dienone is 2. The summed E-state index contributed by atoms with van der Waals surface area (Å²) < 4.78 is 20.3. The highest BCUT2D eigenvalue weighted by atomic mass is 19.1. The lowest BCUT2D eigenvalue weighted by atomic mass is 10.1. The lowest BCUT2D eigenvalue weighted by Gasteiger charge is -2.13. The molecule has 28 heavy (non-hydrogen) atoms. The number of carbonyl (C=O) groups is 2. The molecule has 9 heteroatoms. The molecule has 1 aliphatic carbocycles. The van der Waals surface area contributed by atoms with Gasteiger partial charge in [-0.3, -0.25) is 9.59 Å². The number of benzene rings is 1. The molecule has 144 valence electrons. The predicted molar refractivity (Wildman–Crippen MR) is 96.3 cm³/mol. The van der Waals surface area contributed by atoms with Crippen LogP contribution in [0, 0.1) is 5.82 Å². The fraction of sp³-hybridized carbons (Fsp3) is 0.263. The van der Waals surface area contributed by atoms with Crippen LogP contribution in [0.25, 0.3) is 0 Å². The molecule has 0 radical (unpaired) electrons. The highest BCUT2D eigenvalue weighted by molar-refractivity contribution is 5.96. The maximum Gasteiger partial charge on any atom is 0.274 e. The Kier molecular flexibility index (Phi) is 4.88. The van der Waals surface area contributed by atoms with Crippen molar-refractivity contribution in [1.82, 2.24) is 25.6 Å². The molecule has 2 aromatic rings. The van der Waals surface area contributed by atoms with Gasteiger partial charge in [-0.1, -0.05) is 23.4 Å². The van der Waals surface area contributed by atoms with Crippen LogP contribution in [0.4, 0.5) is 4.39 Å². The number of amides is 2. The summed E-state index contributed by atoms with van der Waals surface area (Å²) in [4.78, 5) is 24.8. The first-order valence-electron chi connectivity index (χ1n) is 8.88. The molecule has 1 atom stereocenters. The third-order valence-electron chi connectivity index (χ3n) is 4.40. The van der Waals surface area contributed by atoms with Crippen molar-refractivity contribution in [3.8, 4) is 0 Å². The summed E-state index contributed by atoms with van der Waals surface area (Å²) >= 11 is 0. The van der Waals surface area contributed by atoms with Crippen molar-refractivity contribution in [1.29, 1.82) is 0 Å². The Morgan fingerprint density at radius 2 is 2.21 bits per heavy atom. The van der Waals surface area contributed by atoms with Crippen LogP contribution in [0.2, 0.25) is 0 Å². The van der Waals surface area contributed by atoms with E-state index in [4.69, 9.17) is 4.74 Å². The fourth-order valence-corrected chi connectivity index (χ4v) is 3.01. The lowest BCUT2D eigenvalue weighted by Crippen LogP contribution is -2.47. The van der Waals surface area contributed by atoms with E-state index in [1.807, 2.05) is 12.2 Å². The van der Waals surface area contributed by atoms with E-state index in [1.54, 1.807) is 12.1 Å². The molecule has 2 heterocycles. The Morgan fingerprint density at radius 3 is 3.07 bits per heavy atom. The smallest absolute Gasteiger partial charge is 0.274 e. The topological polar surface area (TPSA) is 98.1 Å². The minimum Gasteiger partial charge on any atom is -0.489 e. The molecule has 0 spiro atoms. The summed E-state index contributed by atoms with van der Waals surface area (Å²) in [6.07, 6.45) is 6.93. The van der Waals surface area contributed by atoms with Crippen molar-refractivity contribution in [3.05, 3.63) is 71.1 Å². The van der Waals surface area contributed by atoms with Crippen LogP contribution in [-0.4, -0.2) is 39.5 Å². The fourth-order valence-electron chi connectivity index (χ4n) is 3.01. The van der Waals surface area contributed by atoms with Crippen LogP contribution in [0.1, 0.15) is 28.9 Å². The Bertz CT molecular complexity index is 981. The highest BCUT2D eigenvalue weighted by Gasteiger charge is 2.29. The zero-order valence-corrected chi connectivity index (χ0v) is 14.9. The van der Waals surface area contributed by atoms with Crippen LogP contribution >= 0.6 is 0 Å². The van der Waals surface area contributed by atoms with Crippen LogP contribution in [0.5, 0.6) is 0 Å². The highest BCUT2D eigenvalue weighted by Crippen LogP contribution is 2.20. The summed E-state index contributed by atoms with van der Waals surface area (Å²) in [5.41, 5.74) is 1.39. The predicted octanol–water partition coefficient (Wildman–Crippen LogP) is 1.27. The number of hydrogen-bond acceptors (Lipinski definition) is 5. The van der Waals surface area contributed by atoms with Gasteiger partial charge >= 0.3 is 0 Å². The number of fused-ring (bicyclic) bond motifs is 1. The van der Waals surface area contributed by atoms with Crippen molar-refractivity contribution in [3.63, 3.8) is 0 Å². The van der Waals surface area contributed by atoms with Gasteiger partial charge in [0.05, 0.1) is 18.4 Å². The van der Waals surface area contributed by atoms with E-state index in [-0.39, 0.29) is 30.6 Å². The number of rotatable bonds is 4. The number of nitrogens with one attached hydrogen (secondary N) is 2. The summed E-state index contributed by atoms with van der Waals surface area (Å²) in [6, 6.07) is 5.24. The number of carbonyl (C=O) groups excluding carboxylic acids is 2. The molecule has 1 aromatic heterocycles. The molecule has 0 saturated carbocycles. The molecule has 2 N–H and O–H groups in total. The van der Waals surface area contributed by atoms with Gasteiger partial charge in [0.25, 0.3) is 11.8 Å². The van der Waals surface area contributed by atoms with Crippen molar-refractivity contribution in [2.24, 2.45) is 0 Å². The second-order valence-electron chi connectivity index (χ2n) is 6.52. The van der Waals surface area contributed by atoms with Gasteiger partial charge in [0.1, 0.15) is 24.2 Å². The molecule has 1 fully saturated rings. The van der Waals surface area contributed by atoms with Crippen molar-refractivity contribution in [2.45, 2.75) is 25.4 Å². The zero-order chi connectivity index (χ0) is 19.5. The minimum atomic E-state index is -0.853. The molecule has 4 rings (SSSR count).